The summed E-state index contributed by atoms with van der Waals surface area (Å²) >= 11 is 1.64. The molecule has 2 aromatic rings. The number of hydrogen-bond donors (Lipinski definition) is 1. The fourth-order valence-electron chi connectivity index (χ4n) is 1.31. The molecule has 80 valence electrons. The minimum Gasteiger partial charge on any atom is -0.382 e. The Morgan fingerprint density at radius 1 is 1.44 bits per heavy atom. The average molecular weight is 230 g/mol. The van der Waals surface area contributed by atoms with Gasteiger partial charge in [0.2, 0.25) is 0 Å². The molecule has 2 heterocycles. The molecular formula is C11H10N4S. The van der Waals surface area contributed by atoms with E-state index in [0.29, 0.717) is 5.56 Å². The van der Waals surface area contributed by atoms with E-state index in [9.17, 15) is 0 Å². The zero-order valence-electron chi connectivity index (χ0n) is 8.55. The van der Waals surface area contributed by atoms with Crippen LogP contribution >= 0.6 is 11.3 Å². The summed E-state index contributed by atoms with van der Waals surface area (Å²) in [6.07, 6.45) is 5.94. The molecule has 0 fully saturated rings. The van der Waals surface area contributed by atoms with Gasteiger partial charge in [0, 0.05) is 30.7 Å². The van der Waals surface area contributed by atoms with Crippen molar-refractivity contribution in [2.45, 2.75) is 6.42 Å². The second-order valence-electron chi connectivity index (χ2n) is 3.14. The molecule has 0 aromatic carbocycles. The van der Waals surface area contributed by atoms with Crippen LogP contribution in [0.5, 0.6) is 0 Å². The van der Waals surface area contributed by atoms with Gasteiger partial charge in [0.25, 0.3) is 0 Å². The van der Waals surface area contributed by atoms with Crippen molar-refractivity contribution in [3.05, 3.63) is 40.6 Å². The highest BCUT2D eigenvalue weighted by Gasteiger charge is 2.01. The number of pyridine rings is 1. The monoisotopic (exact) mass is 230 g/mol. The quantitative estimate of drug-likeness (QED) is 0.873. The van der Waals surface area contributed by atoms with Crippen molar-refractivity contribution in [1.29, 1.82) is 5.26 Å². The van der Waals surface area contributed by atoms with Crippen molar-refractivity contribution >= 4 is 17.0 Å². The molecule has 0 aliphatic rings. The van der Waals surface area contributed by atoms with Gasteiger partial charge < -0.3 is 5.32 Å². The Hall–Kier alpha value is -1.93. The number of nitrogens with zero attached hydrogens (tertiary/aromatic N) is 3. The molecule has 0 atom stereocenters. The first-order valence-corrected chi connectivity index (χ1v) is 5.74. The second kappa shape index (κ2) is 5.24. The van der Waals surface area contributed by atoms with Crippen LogP contribution in [0.25, 0.3) is 0 Å². The first-order valence-electron chi connectivity index (χ1n) is 4.86. The standard InChI is InChI=1S/C11H10N4S/c12-7-9-1-3-13-8-10(9)14-4-2-11-15-5-6-16-11/h1,3,5-6,8,14H,2,4H2. The molecule has 0 saturated heterocycles. The predicted octanol–water partition coefficient (Wildman–Crippen LogP) is 2.06. The second-order valence-corrected chi connectivity index (χ2v) is 4.11. The van der Waals surface area contributed by atoms with Gasteiger partial charge in [-0.15, -0.1) is 11.3 Å². The van der Waals surface area contributed by atoms with Crippen molar-refractivity contribution in [2.24, 2.45) is 0 Å². The molecule has 0 unspecified atom stereocenters. The molecule has 16 heavy (non-hydrogen) atoms. The van der Waals surface area contributed by atoms with Gasteiger partial charge in [-0.1, -0.05) is 0 Å². The van der Waals surface area contributed by atoms with Crippen molar-refractivity contribution < 1.29 is 0 Å². The third kappa shape index (κ3) is 2.55. The van der Waals surface area contributed by atoms with E-state index in [2.05, 4.69) is 21.4 Å². The summed E-state index contributed by atoms with van der Waals surface area (Å²) in [6, 6.07) is 3.82. The van der Waals surface area contributed by atoms with Crippen LogP contribution in [0.2, 0.25) is 0 Å². The number of anilines is 1. The molecule has 5 heteroatoms. The van der Waals surface area contributed by atoms with Crippen LogP contribution < -0.4 is 5.32 Å². The summed E-state index contributed by atoms with van der Waals surface area (Å²) in [6.45, 7) is 0.758. The van der Waals surface area contributed by atoms with E-state index in [1.807, 2.05) is 5.38 Å². The van der Waals surface area contributed by atoms with Gasteiger partial charge >= 0.3 is 0 Å². The highest BCUT2D eigenvalue weighted by molar-refractivity contribution is 7.09. The van der Waals surface area contributed by atoms with Crippen LogP contribution in [0.3, 0.4) is 0 Å². The van der Waals surface area contributed by atoms with Gasteiger partial charge in [-0.25, -0.2) is 4.98 Å². The maximum absolute atomic E-state index is 8.87. The third-order valence-electron chi connectivity index (χ3n) is 2.08. The molecule has 0 aliphatic heterocycles. The Balaban J connectivity index is 1.93. The Bertz CT molecular complexity index is 487. The lowest BCUT2D eigenvalue weighted by Gasteiger charge is -2.05. The van der Waals surface area contributed by atoms with E-state index < -0.39 is 0 Å². The zero-order valence-corrected chi connectivity index (χ0v) is 9.37. The van der Waals surface area contributed by atoms with E-state index >= 15 is 0 Å². The fraction of sp³-hybridized carbons (Fsp3) is 0.182. The average Bonchev–Trinajstić information content (AvgIpc) is 2.83. The topological polar surface area (TPSA) is 61.6 Å². The number of hydrogen-bond acceptors (Lipinski definition) is 5. The fourth-order valence-corrected chi connectivity index (χ4v) is 1.93. The van der Waals surface area contributed by atoms with E-state index in [0.717, 1.165) is 23.7 Å². The van der Waals surface area contributed by atoms with Crippen LogP contribution in [-0.4, -0.2) is 16.5 Å². The minimum absolute atomic E-state index is 0.620. The van der Waals surface area contributed by atoms with Crippen LogP contribution in [0.4, 0.5) is 5.69 Å². The van der Waals surface area contributed by atoms with Gasteiger partial charge in [0.15, 0.2) is 0 Å². The molecule has 0 amide bonds. The summed E-state index contributed by atoms with van der Waals surface area (Å²) in [5, 5.41) is 15.1. The van der Waals surface area contributed by atoms with Crippen LogP contribution in [0, 0.1) is 11.3 Å². The Morgan fingerprint density at radius 2 is 2.38 bits per heavy atom. The number of nitrogens with one attached hydrogen (secondary N) is 1. The summed E-state index contributed by atoms with van der Waals surface area (Å²) in [7, 11) is 0. The Labute approximate surface area is 97.6 Å². The lowest BCUT2D eigenvalue weighted by molar-refractivity contribution is 0.995. The van der Waals surface area contributed by atoms with Crippen LogP contribution in [0.15, 0.2) is 30.0 Å². The van der Waals surface area contributed by atoms with Gasteiger partial charge in [-0.2, -0.15) is 5.26 Å². The maximum Gasteiger partial charge on any atom is 0.101 e. The van der Waals surface area contributed by atoms with Gasteiger partial charge in [-0.05, 0) is 6.07 Å². The van der Waals surface area contributed by atoms with Crippen molar-refractivity contribution in [2.75, 3.05) is 11.9 Å². The van der Waals surface area contributed by atoms with Crippen molar-refractivity contribution in [3.63, 3.8) is 0 Å². The highest BCUT2D eigenvalue weighted by Crippen LogP contribution is 2.12. The Morgan fingerprint density at radius 3 is 3.12 bits per heavy atom. The smallest absolute Gasteiger partial charge is 0.101 e. The summed E-state index contributed by atoms with van der Waals surface area (Å²) in [5.74, 6) is 0. The number of nitriles is 1. The van der Waals surface area contributed by atoms with Gasteiger partial charge in [-0.3, -0.25) is 4.98 Å². The van der Waals surface area contributed by atoms with Crippen molar-refractivity contribution in [1.82, 2.24) is 9.97 Å². The number of thiazole rings is 1. The third-order valence-corrected chi connectivity index (χ3v) is 2.92. The number of aromatic nitrogens is 2. The summed E-state index contributed by atoms with van der Waals surface area (Å²) in [4.78, 5) is 8.17. The first-order chi connectivity index (χ1) is 7.90. The first kappa shape index (κ1) is 10.6. The van der Waals surface area contributed by atoms with E-state index in [-0.39, 0.29) is 0 Å². The summed E-state index contributed by atoms with van der Waals surface area (Å²) < 4.78 is 0. The lowest BCUT2D eigenvalue weighted by Crippen LogP contribution is -2.06. The molecular weight excluding hydrogens is 220 g/mol. The highest BCUT2D eigenvalue weighted by atomic mass is 32.1. The normalized spacial score (nSPS) is 9.69. The van der Waals surface area contributed by atoms with Gasteiger partial charge in [0.1, 0.15) is 6.07 Å². The van der Waals surface area contributed by atoms with E-state index in [1.165, 1.54) is 0 Å². The maximum atomic E-state index is 8.87. The van der Waals surface area contributed by atoms with Crippen molar-refractivity contribution in [3.8, 4) is 6.07 Å². The molecule has 2 rings (SSSR count). The summed E-state index contributed by atoms with van der Waals surface area (Å²) in [5.41, 5.74) is 1.40. The molecule has 2 aromatic heterocycles. The SMILES string of the molecule is N#Cc1ccncc1NCCc1nccs1. The molecule has 4 nitrogen and oxygen atoms in total. The molecule has 0 saturated carbocycles. The van der Waals surface area contributed by atoms with Gasteiger partial charge in [0.05, 0.1) is 22.5 Å². The minimum atomic E-state index is 0.620. The lowest BCUT2D eigenvalue weighted by atomic mass is 10.2. The molecule has 1 N–H and O–H groups in total. The molecule has 0 spiro atoms. The van der Waals surface area contributed by atoms with E-state index in [4.69, 9.17) is 5.26 Å². The van der Waals surface area contributed by atoms with E-state index in [1.54, 1.807) is 36.0 Å². The Kier molecular flexibility index (Phi) is 3.46. The molecule has 0 aliphatic carbocycles. The van der Waals surface area contributed by atoms with Crippen LogP contribution in [-0.2, 0) is 6.42 Å². The predicted molar refractivity (Wildman–Crippen MR) is 63.3 cm³/mol. The largest absolute Gasteiger partial charge is 0.382 e. The zero-order chi connectivity index (χ0) is 11.2. The number of rotatable bonds is 4. The molecule has 0 bridgehead atoms. The molecule has 0 radical (unpaired) electrons. The van der Waals surface area contributed by atoms with Crippen LogP contribution in [0.1, 0.15) is 10.6 Å².